The van der Waals surface area contributed by atoms with E-state index in [9.17, 15) is 4.79 Å². The van der Waals surface area contributed by atoms with E-state index >= 15 is 0 Å². The second-order valence-corrected chi connectivity index (χ2v) is 8.31. The van der Waals surface area contributed by atoms with Crippen LogP contribution in [0.25, 0.3) is 11.4 Å². The van der Waals surface area contributed by atoms with Crippen molar-refractivity contribution in [3.05, 3.63) is 83.2 Å². The highest BCUT2D eigenvalue weighted by molar-refractivity contribution is 6.30. The molecule has 0 N–H and O–H groups in total. The van der Waals surface area contributed by atoms with Crippen molar-refractivity contribution in [1.29, 1.82) is 0 Å². The average molecular weight is 464 g/mol. The summed E-state index contributed by atoms with van der Waals surface area (Å²) in [7, 11) is 0. The van der Waals surface area contributed by atoms with E-state index in [0.29, 0.717) is 48.5 Å². The Kier molecular flexibility index (Phi) is 6.14. The van der Waals surface area contributed by atoms with Gasteiger partial charge in [0.2, 0.25) is 11.7 Å². The van der Waals surface area contributed by atoms with E-state index in [-0.39, 0.29) is 5.91 Å². The van der Waals surface area contributed by atoms with Crippen molar-refractivity contribution in [2.75, 3.05) is 26.2 Å². The zero-order valence-electron chi connectivity index (χ0n) is 17.8. The van der Waals surface area contributed by atoms with Crippen LogP contribution in [-0.2, 0) is 13.1 Å². The zero-order valence-corrected chi connectivity index (χ0v) is 18.6. The molecule has 2 aromatic carbocycles. The summed E-state index contributed by atoms with van der Waals surface area (Å²) in [4.78, 5) is 25.4. The van der Waals surface area contributed by atoms with E-state index in [1.165, 1.54) is 6.33 Å². The van der Waals surface area contributed by atoms with Crippen LogP contribution < -0.4 is 0 Å². The van der Waals surface area contributed by atoms with E-state index in [0.717, 1.165) is 24.2 Å². The van der Waals surface area contributed by atoms with Gasteiger partial charge in [-0.2, -0.15) is 10.1 Å². The maximum atomic E-state index is 12.9. The van der Waals surface area contributed by atoms with Gasteiger partial charge in [0.15, 0.2) is 0 Å². The summed E-state index contributed by atoms with van der Waals surface area (Å²) in [5, 5.41) is 8.84. The van der Waals surface area contributed by atoms with Crippen LogP contribution in [0.15, 0.2) is 65.7 Å². The highest BCUT2D eigenvalue weighted by Gasteiger charge is 2.23. The molecule has 0 bridgehead atoms. The first-order valence-electron chi connectivity index (χ1n) is 10.7. The fraction of sp³-hybridized carbons (Fsp3) is 0.261. The van der Waals surface area contributed by atoms with Crippen molar-refractivity contribution >= 4 is 17.5 Å². The monoisotopic (exact) mass is 463 g/mol. The molecule has 0 radical (unpaired) electrons. The minimum Gasteiger partial charge on any atom is -0.338 e. The zero-order chi connectivity index (χ0) is 22.6. The third kappa shape index (κ3) is 5.10. The van der Waals surface area contributed by atoms with E-state index in [1.807, 2.05) is 41.3 Å². The van der Waals surface area contributed by atoms with Gasteiger partial charge in [0.05, 0.1) is 13.1 Å². The first-order valence-corrected chi connectivity index (χ1v) is 11.0. The predicted octanol–water partition coefficient (Wildman–Crippen LogP) is 2.99. The van der Waals surface area contributed by atoms with Crippen LogP contribution in [0.4, 0.5) is 0 Å². The summed E-state index contributed by atoms with van der Waals surface area (Å²) in [6.45, 7) is 3.97. The minimum absolute atomic E-state index is 0.0461. The molecule has 0 aliphatic carbocycles. The molecule has 9 nitrogen and oxygen atoms in total. The molecule has 4 aromatic rings. The Morgan fingerprint density at radius 3 is 2.42 bits per heavy atom. The predicted molar refractivity (Wildman–Crippen MR) is 121 cm³/mol. The molecule has 0 spiro atoms. The highest BCUT2D eigenvalue weighted by Crippen LogP contribution is 2.19. The van der Waals surface area contributed by atoms with Crippen LogP contribution in [0.1, 0.15) is 21.8 Å². The Morgan fingerprint density at radius 1 is 0.970 bits per heavy atom. The molecule has 1 amide bonds. The van der Waals surface area contributed by atoms with Crippen molar-refractivity contribution in [3.8, 4) is 11.4 Å². The third-order valence-electron chi connectivity index (χ3n) is 5.60. The molecular weight excluding hydrogens is 442 g/mol. The topological polar surface area (TPSA) is 93.2 Å². The number of hydrogen-bond acceptors (Lipinski definition) is 7. The number of amides is 1. The average Bonchev–Trinajstić information content (AvgIpc) is 3.53. The SMILES string of the molecule is O=C(c1ccc(Cn2cncn2)cc1)N1CCN(Cc2nc(-c3ccc(Cl)cc3)no2)CC1. The Labute approximate surface area is 195 Å². The number of hydrogen-bond donors (Lipinski definition) is 0. The summed E-state index contributed by atoms with van der Waals surface area (Å²) in [6, 6.07) is 15.0. The minimum atomic E-state index is 0.0461. The third-order valence-corrected chi connectivity index (χ3v) is 5.85. The smallest absolute Gasteiger partial charge is 0.253 e. The van der Waals surface area contributed by atoms with E-state index < -0.39 is 0 Å². The van der Waals surface area contributed by atoms with Gasteiger partial charge in [0.1, 0.15) is 12.7 Å². The first-order chi connectivity index (χ1) is 16.1. The number of benzene rings is 2. The van der Waals surface area contributed by atoms with Gasteiger partial charge in [0, 0.05) is 42.3 Å². The number of carbonyl (C=O) groups excluding carboxylic acids is 1. The molecule has 1 aliphatic heterocycles. The molecule has 1 saturated heterocycles. The summed E-state index contributed by atoms with van der Waals surface area (Å²) in [6.07, 6.45) is 3.18. The fourth-order valence-electron chi connectivity index (χ4n) is 3.77. The largest absolute Gasteiger partial charge is 0.338 e. The molecule has 1 fully saturated rings. The Bertz CT molecular complexity index is 1200. The second kappa shape index (κ2) is 9.51. The molecule has 0 atom stereocenters. The maximum absolute atomic E-state index is 12.9. The number of piperazine rings is 1. The van der Waals surface area contributed by atoms with Gasteiger partial charge in [-0.25, -0.2) is 9.67 Å². The van der Waals surface area contributed by atoms with E-state index in [4.69, 9.17) is 16.1 Å². The van der Waals surface area contributed by atoms with Gasteiger partial charge >= 0.3 is 0 Å². The summed E-state index contributed by atoms with van der Waals surface area (Å²) < 4.78 is 7.17. The van der Waals surface area contributed by atoms with Crippen molar-refractivity contribution in [2.45, 2.75) is 13.1 Å². The molecule has 33 heavy (non-hydrogen) atoms. The lowest BCUT2D eigenvalue weighted by Crippen LogP contribution is -2.48. The molecule has 0 unspecified atom stereocenters. The molecule has 10 heteroatoms. The Hall–Kier alpha value is -3.56. The molecule has 168 valence electrons. The molecule has 1 aliphatic rings. The van der Waals surface area contributed by atoms with Crippen LogP contribution in [-0.4, -0.2) is 66.8 Å². The van der Waals surface area contributed by atoms with Gasteiger partial charge in [-0.1, -0.05) is 28.9 Å². The van der Waals surface area contributed by atoms with Crippen molar-refractivity contribution in [3.63, 3.8) is 0 Å². The number of halogens is 1. The number of aromatic nitrogens is 5. The normalized spacial score (nSPS) is 14.5. The van der Waals surface area contributed by atoms with E-state index in [1.54, 1.807) is 23.1 Å². The van der Waals surface area contributed by atoms with Crippen molar-refractivity contribution in [1.82, 2.24) is 34.7 Å². The number of rotatable bonds is 6. The number of carbonyl (C=O) groups is 1. The maximum Gasteiger partial charge on any atom is 0.253 e. The van der Waals surface area contributed by atoms with Gasteiger partial charge < -0.3 is 9.42 Å². The Balaban J connectivity index is 1.13. The van der Waals surface area contributed by atoms with Crippen LogP contribution in [0.5, 0.6) is 0 Å². The lowest BCUT2D eigenvalue weighted by Gasteiger charge is -2.34. The molecule has 3 heterocycles. The van der Waals surface area contributed by atoms with Gasteiger partial charge in [-0.05, 0) is 42.0 Å². The lowest BCUT2D eigenvalue weighted by molar-refractivity contribution is 0.0615. The van der Waals surface area contributed by atoms with Crippen LogP contribution in [0, 0.1) is 0 Å². The van der Waals surface area contributed by atoms with E-state index in [2.05, 4.69) is 25.1 Å². The highest BCUT2D eigenvalue weighted by atomic mass is 35.5. The lowest BCUT2D eigenvalue weighted by atomic mass is 10.1. The quantitative estimate of drug-likeness (QED) is 0.434. The van der Waals surface area contributed by atoms with Crippen LogP contribution in [0.3, 0.4) is 0 Å². The summed E-state index contributed by atoms with van der Waals surface area (Å²) in [5.41, 5.74) is 2.62. The Morgan fingerprint density at radius 2 is 1.73 bits per heavy atom. The molecule has 2 aromatic heterocycles. The van der Waals surface area contributed by atoms with Crippen LogP contribution in [0.2, 0.25) is 5.02 Å². The van der Waals surface area contributed by atoms with Gasteiger partial charge in [0.25, 0.3) is 5.91 Å². The number of nitrogens with zero attached hydrogens (tertiary/aromatic N) is 7. The summed E-state index contributed by atoms with van der Waals surface area (Å²) >= 11 is 5.93. The van der Waals surface area contributed by atoms with Gasteiger partial charge in [-0.3, -0.25) is 9.69 Å². The standard InChI is InChI=1S/C23H22ClN7O2/c24-20-7-5-18(6-8-20)22-27-21(33-28-22)14-29-9-11-30(12-10-29)23(32)19-3-1-17(2-4-19)13-31-16-25-15-26-31/h1-8,15-16H,9-14H2. The van der Waals surface area contributed by atoms with Gasteiger partial charge in [-0.15, -0.1) is 0 Å². The summed E-state index contributed by atoms with van der Waals surface area (Å²) in [5.74, 6) is 1.15. The molecule has 5 rings (SSSR count). The fourth-order valence-corrected chi connectivity index (χ4v) is 3.90. The van der Waals surface area contributed by atoms with Crippen molar-refractivity contribution in [2.24, 2.45) is 0 Å². The second-order valence-electron chi connectivity index (χ2n) is 7.88. The molecular formula is C23H22ClN7O2. The van der Waals surface area contributed by atoms with Crippen molar-refractivity contribution < 1.29 is 9.32 Å². The molecule has 0 saturated carbocycles. The van der Waals surface area contributed by atoms with Crippen LogP contribution >= 0.6 is 11.6 Å². The first kappa shape index (κ1) is 21.3.